The molecule has 2 aromatic rings. The van der Waals surface area contributed by atoms with Gasteiger partial charge in [-0.1, -0.05) is 12.1 Å². The fraction of sp³-hybridized carbons (Fsp3) is 0.250. The topological polar surface area (TPSA) is 82.9 Å². The summed E-state index contributed by atoms with van der Waals surface area (Å²) in [4.78, 5) is 25.4. The molecular formula is C16H18N4O2S2. The van der Waals surface area contributed by atoms with Crippen LogP contribution < -0.4 is 10.9 Å². The lowest BCUT2D eigenvalue weighted by Crippen LogP contribution is -2.24. The van der Waals surface area contributed by atoms with Gasteiger partial charge in [0, 0.05) is 22.6 Å². The first kappa shape index (κ1) is 18.0. The van der Waals surface area contributed by atoms with Gasteiger partial charge in [-0.05, 0) is 36.7 Å². The van der Waals surface area contributed by atoms with E-state index in [1.54, 1.807) is 22.7 Å². The highest BCUT2D eigenvalue weighted by atomic mass is 32.1. The van der Waals surface area contributed by atoms with Gasteiger partial charge < -0.3 is 0 Å². The van der Waals surface area contributed by atoms with Crippen molar-refractivity contribution in [3.05, 3.63) is 44.8 Å². The SMILES string of the molecule is C/C(=N\NC(=O)CCC(=O)N/N=C(\C)c1cccs1)c1cccs1. The Bertz CT molecular complexity index is 670. The van der Waals surface area contributed by atoms with E-state index in [0.717, 1.165) is 21.2 Å². The number of thiophene rings is 2. The maximum Gasteiger partial charge on any atom is 0.240 e. The van der Waals surface area contributed by atoms with Crippen molar-refractivity contribution in [1.82, 2.24) is 10.9 Å². The van der Waals surface area contributed by atoms with Crippen molar-refractivity contribution in [3.63, 3.8) is 0 Å². The average molecular weight is 362 g/mol. The summed E-state index contributed by atoms with van der Waals surface area (Å²) < 4.78 is 0. The highest BCUT2D eigenvalue weighted by Crippen LogP contribution is 2.10. The third-order valence-corrected chi connectivity index (χ3v) is 4.99. The molecule has 2 amide bonds. The smallest absolute Gasteiger partial charge is 0.240 e. The van der Waals surface area contributed by atoms with E-state index in [1.807, 2.05) is 48.9 Å². The van der Waals surface area contributed by atoms with Gasteiger partial charge in [0.05, 0.1) is 11.4 Å². The summed E-state index contributed by atoms with van der Waals surface area (Å²) in [7, 11) is 0. The average Bonchev–Trinajstić information content (AvgIpc) is 3.28. The first-order valence-electron chi connectivity index (χ1n) is 7.30. The van der Waals surface area contributed by atoms with Crippen molar-refractivity contribution in [3.8, 4) is 0 Å². The molecule has 0 atom stereocenters. The van der Waals surface area contributed by atoms with Gasteiger partial charge in [-0.25, -0.2) is 10.9 Å². The molecule has 2 N–H and O–H groups in total. The van der Waals surface area contributed by atoms with Gasteiger partial charge >= 0.3 is 0 Å². The van der Waals surface area contributed by atoms with E-state index < -0.39 is 0 Å². The molecular weight excluding hydrogens is 344 g/mol. The van der Waals surface area contributed by atoms with E-state index in [4.69, 9.17) is 0 Å². The number of hydrogen-bond donors (Lipinski definition) is 2. The van der Waals surface area contributed by atoms with Crippen LogP contribution in [0.15, 0.2) is 45.2 Å². The molecule has 0 fully saturated rings. The highest BCUT2D eigenvalue weighted by molar-refractivity contribution is 7.12. The van der Waals surface area contributed by atoms with E-state index in [2.05, 4.69) is 21.1 Å². The van der Waals surface area contributed by atoms with Crippen LogP contribution in [-0.4, -0.2) is 23.2 Å². The van der Waals surface area contributed by atoms with Crippen molar-refractivity contribution in [2.45, 2.75) is 26.7 Å². The van der Waals surface area contributed by atoms with E-state index in [-0.39, 0.29) is 24.7 Å². The van der Waals surface area contributed by atoms with E-state index in [9.17, 15) is 9.59 Å². The Labute approximate surface area is 148 Å². The van der Waals surface area contributed by atoms with Crippen LogP contribution in [0.1, 0.15) is 36.4 Å². The molecule has 0 unspecified atom stereocenters. The molecule has 0 aliphatic rings. The van der Waals surface area contributed by atoms with Gasteiger partial charge in [0.2, 0.25) is 11.8 Å². The molecule has 0 saturated carbocycles. The van der Waals surface area contributed by atoms with Crippen LogP contribution in [0.4, 0.5) is 0 Å². The Morgan fingerprint density at radius 2 is 1.29 bits per heavy atom. The normalized spacial score (nSPS) is 12.1. The van der Waals surface area contributed by atoms with Crippen LogP contribution in [0.5, 0.6) is 0 Å². The zero-order chi connectivity index (χ0) is 17.4. The number of hydrazone groups is 2. The number of nitrogens with one attached hydrogen (secondary N) is 2. The summed E-state index contributed by atoms with van der Waals surface area (Å²) >= 11 is 3.10. The fourth-order valence-electron chi connectivity index (χ4n) is 1.71. The molecule has 0 radical (unpaired) electrons. The second-order valence-electron chi connectivity index (χ2n) is 4.92. The minimum Gasteiger partial charge on any atom is -0.273 e. The molecule has 24 heavy (non-hydrogen) atoms. The number of carbonyl (C=O) groups is 2. The Morgan fingerprint density at radius 3 is 1.62 bits per heavy atom. The lowest BCUT2D eigenvalue weighted by molar-refractivity contribution is -0.126. The van der Waals surface area contributed by atoms with Crippen molar-refractivity contribution in [2.75, 3.05) is 0 Å². The second-order valence-corrected chi connectivity index (χ2v) is 6.81. The second kappa shape index (κ2) is 9.09. The summed E-state index contributed by atoms with van der Waals surface area (Å²) in [6, 6.07) is 7.70. The molecule has 2 rings (SSSR count). The van der Waals surface area contributed by atoms with Crippen LogP contribution >= 0.6 is 22.7 Å². The molecule has 2 heterocycles. The third kappa shape index (κ3) is 5.71. The predicted octanol–water partition coefficient (Wildman–Crippen LogP) is 2.97. The van der Waals surface area contributed by atoms with Crippen molar-refractivity contribution >= 4 is 45.9 Å². The molecule has 0 aromatic carbocycles. The van der Waals surface area contributed by atoms with Crippen LogP contribution in [0.25, 0.3) is 0 Å². The van der Waals surface area contributed by atoms with Gasteiger partial charge in [0.15, 0.2) is 0 Å². The van der Waals surface area contributed by atoms with Crippen LogP contribution in [0.2, 0.25) is 0 Å². The molecule has 0 bridgehead atoms. The summed E-state index contributed by atoms with van der Waals surface area (Å²) in [6.45, 7) is 3.64. The van der Waals surface area contributed by atoms with Crippen molar-refractivity contribution in [1.29, 1.82) is 0 Å². The molecule has 8 heteroatoms. The van der Waals surface area contributed by atoms with Crippen molar-refractivity contribution < 1.29 is 9.59 Å². The fourth-order valence-corrected chi connectivity index (χ4v) is 3.06. The Hall–Kier alpha value is -2.32. The predicted molar refractivity (Wildman–Crippen MR) is 98.6 cm³/mol. The lowest BCUT2D eigenvalue weighted by Gasteiger charge is -2.02. The van der Waals surface area contributed by atoms with Gasteiger partial charge in [-0.3, -0.25) is 9.59 Å². The molecule has 0 aliphatic carbocycles. The summed E-state index contributed by atoms with van der Waals surface area (Å²) in [5.41, 5.74) is 6.38. The Balaban J connectivity index is 1.72. The number of carbonyl (C=O) groups excluding carboxylic acids is 2. The zero-order valence-electron chi connectivity index (χ0n) is 13.4. The zero-order valence-corrected chi connectivity index (χ0v) is 15.0. The Morgan fingerprint density at radius 1 is 0.875 bits per heavy atom. The minimum absolute atomic E-state index is 0.0562. The van der Waals surface area contributed by atoms with Gasteiger partial charge in [-0.2, -0.15) is 10.2 Å². The lowest BCUT2D eigenvalue weighted by atomic mass is 10.3. The summed E-state index contributed by atoms with van der Waals surface area (Å²) in [5.74, 6) is -0.611. The molecule has 6 nitrogen and oxygen atoms in total. The van der Waals surface area contributed by atoms with Gasteiger partial charge in [-0.15, -0.1) is 22.7 Å². The number of hydrogen-bond acceptors (Lipinski definition) is 6. The van der Waals surface area contributed by atoms with E-state index in [0.29, 0.717) is 0 Å². The third-order valence-electron chi connectivity index (χ3n) is 3.03. The van der Waals surface area contributed by atoms with E-state index in [1.165, 1.54) is 0 Å². The number of amides is 2. The minimum atomic E-state index is -0.306. The first-order chi connectivity index (χ1) is 11.6. The Kier molecular flexibility index (Phi) is 6.83. The summed E-state index contributed by atoms with van der Waals surface area (Å²) in [6.07, 6.45) is 0.112. The number of nitrogens with zero attached hydrogens (tertiary/aromatic N) is 2. The van der Waals surface area contributed by atoms with Crippen LogP contribution in [0.3, 0.4) is 0 Å². The molecule has 0 saturated heterocycles. The summed E-state index contributed by atoms with van der Waals surface area (Å²) in [5, 5.41) is 11.9. The van der Waals surface area contributed by atoms with Gasteiger partial charge in [0.1, 0.15) is 0 Å². The molecule has 126 valence electrons. The highest BCUT2D eigenvalue weighted by Gasteiger charge is 2.07. The molecule has 0 aliphatic heterocycles. The van der Waals surface area contributed by atoms with Crippen molar-refractivity contribution in [2.24, 2.45) is 10.2 Å². The maximum absolute atomic E-state index is 11.7. The molecule has 0 spiro atoms. The largest absolute Gasteiger partial charge is 0.273 e. The van der Waals surface area contributed by atoms with E-state index >= 15 is 0 Å². The standard InChI is InChI=1S/C16H18N4O2S2/c1-11(13-5-3-9-23-13)17-19-15(21)7-8-16(22)20-18-12(2)14-6-4-10-24-14/h3-6,9-10H,7-8H2,1-2H3,(H,19,21)(H,20,22)/b17-11+,18-12+. The quantitative estimate of drug-likeness (QED) is 0.586. The maximum atomic E-state index is 11.7. The van der Waals surface area contributed by atoms with Crippen LogP contribution in [0, 0.1) is 0 Å². The number of rotatable bonds is 7. The first-order valence-corrected chi connectivity index (χ1v) is 9.06. The monoisotopic (exact) mass is 362 g/mol. The van der Waals surface area contributed by atoms with Crippen LogP contribution in [-0.2, 0) is 9.59 Å². The van der Waals surface area contributed by atoms with Gasteiger partial charge in [0.25, 0.3) is 0 Å². The molecule has 2 aromatic heterocycles.